The van der Waals surface area contributed by atoms with Gasteiger partial charge in [-0.2, -0.15) is 13.2 Å². The van der Waals surface area contributed by atoms with Crippen molar-refractivity contribution in [2.75, 3.05) is 19.8 Å². The molecule has 1 fully saturated rings. The molecule has 0 saturated heterocycles. The maximum absolute atomic E-state index is 14.2. The summed E-state index contributed by atoms with van der Waals surface area (Å²) >= 11 is 0. The van der Waals surface area contributed by atoms with Gasteiger partial charge in [0.15, 0.2) is 0 Å². The Morgan fingerprint density at radius 3 is 2.56 bits per heavy atom. The van der Waals surface area contributed by atoms with E-state index in [9.17, 15) is 22.4 Å². The molecular formula is C28H32F4N6O. The van der Waals surface area contributed by atoms with Crippen molar-refractivity contribution >= 4 is 5.52 Å². The van der Waals surface area contributed by atoms with Gasteiger partial charge < -0.3 is 4.57 Å². The van der Waals surface area contributed by atoms with E-state index in [-0.39, 0.29) is 24.5 Å². The van der Waals surface area contributed by atoms with Gasteiger partial charge in [0.05, 0.1) is 16.8 Å². The molecule has 0 bridgehead atoms. The summed E-state index contributed by atoms with van der Waals surface area (Å²) in [6, 6.07) is 8.43. The van der Waals surface area contributed by atoms with E-state index >= 15 is 0 Å². The Hall–Kier alpha value is -3.47. The summed E-state index contributed by atoms with van der Waals surface area (Å²) in [7, 11) is 1.89. The Kier molecular flexibility index (Phi) is 7.61. The SMILES string of the molecule is CCCN(CCF)Cc1cc(C(F)(F)F)c2cn(-c3cccc([C@H](c4nncn4C)C4CCC4)c3)c(=O)n2c1. The standard InChI is InChI=1S/C28H32F4N6O/c1-3-11-36(12-10-29)15-19-13-23(28(30,31)32)24-17-37(27(39)38(24)16-19)22-9-5-8-21(14-22)25(20-6-4-7-20)26-34-33-18-35(26)2/h5,8-9,13-14,16-18,20,25H,3-4,6-7,10-12,15H2,1-2H3/t25-/m1/s1. The highest BCUT2D eigenvalue weighted by atomic mass is 19.4. The molecule has 1 aromatic carbocycles. The molecule has 208 valence electrons. The van der Waals surface area contributed by atoms with E-state index in [1.54, 1.807) is 17.3 Å². The smallest absolute Gasteiger partial charge is 0.320 e. The van der Waals surface area contributed by atoms with Crippen molar-refractivity contribution in [1.29, 1.82) is 0 Å². The first-order valence-corrected chi connectivity index (χ1v) is 13.3. The third-order valence-electron chi connectivity index (χ3n) is 7.63. The number of nitrogens with zero attached hydrogens (tertiary/aromatic N) is 6. The van der Waals surface area contributed by atoms with Crippen LogP contribution in [0.2, 0.25) is 0 Å². The Balaban J connectivity index is 1.60. The largest absolute Gasteiger partial charge is 0.418 e. The second-order valence-corrected chi connectivity index (χ2v) is 10.3. The fraction of sp³-hybridized carbons (Fsp3) is 0.464. The van der Waals surface area contributed by atoms with E-state index < -0.39 is 24.1 Å². The minimum atomic E-state index is -4.67. The number of imidazole rings is 1. The predicted molar refractivity (Wildman–Crippen MR) is 140 cm³/mol. The van der Waals surface area contributed by atoms with E-state index in [0.29, 0.717) is 23.7 Å². The molecule has 1 saturated carbocycles. The van der Waals surface area contributed by atoms with Gasteiger partial charge in [-0.15, -0.1) is 10.2 Å². The molecule has 0 N–H and O–H groups in total. The number of halogens is 4. The van der Waals surface area contributed by atoms with Crippen LogP contribution in [0, 0.1) is 5.92 Å². The zero-order valence-corrected chi connectivity index (χ0v) is 22.0. The van der Waals surface area contributed by atoms with Gasteiger partial charge >= 0.3 is 11.9 Å². The highest BCUT2D eigenvalue weighted by molar-refractivity contribution is 5.58. The number of hydrogen-bond donors (Lipinski definition) is 0. The molecule has 0 aliphatic heterocycles. The van der Waals surface area contributed by atoms with Crippen LogP contribution in [0.3, 0.4) is 0 Å². The molecule has 1 aliphatic carbocycles. The summed E-state index contributed by atoms with van der Waals surface area (Å²) in [5.74, 6) is 1.17. The van der Waals surface area contributed by atoms with Crippen LogP contribution in [0.25, 0.3) is 11.2 Å². The molecule has 0 amide bonds. The van der Waals surface area contributed by atoms with Gasteiger partial charge in [-0.1, -0.05) is 25.5 Å². The van der Waals surface area contributed by atoms with E-state index in [4.69, 9.17) is 0 Å². The van der Waals surface area contributed by atoms with Gasteiger partial charge in [0.2, 0.25) is 0 Å². The Labute approximate surface area is 223 Å². The molecule has 0 unspecified atom stereocenters. The molecule has 3 heterocycles. The highest BCUT2D eigenvalue weighted by Gasteiger charge is 2.35. The Morgan fingerprint density at radius 2 is 1.95 bits per heavy atom. The van der Waals surface area contributed by atoms with Crippen molar-refractivity contribution in [3.8, 4) is 5.69 Å². The molecule has 1 aliphatic rings. The summed E-state index contributed by atoms with van der Waals surface area (Å²) in [5.41, 5.74) is 0.00715. The number of aryl methyl sites for hydroxylation is 1. The fourth-order valence-electron chi connectivity index (χ4n) is 5.55. The maximum atomic E-state index is 14.2. The summed E-state index contributed by atoms with van der Waals surface area (Å²) in [4.78, 5) is 15.3. The van der Waals surface area contributed by atoms with E-state index in [0.717, 1.165) is 47.5 Å². The van der Waals surface area contributed by atoms with Crippen LogP contribution in [0.15, 0.2) is 53.8 Å². The zero-order chi connectivity index (χ0) is 27.7. The number of aromatic nitrogens is 5. The van der Waals surface area contributed by atoms with Crippen LogP contribution in [0.4, 0.5) is 17.6 Å². The Bertz CT molecular complexity index is 1490. The molecule has 7 nitrogen and oxygen atoms in total. The molecule has 1 atom stereocenters. The van der Waals surface area contributed by atoms with Gasteiger partial charge in [-0.3, -0.25) is 13.9 Å². The average Bonchev–Trinajstić information content (AvgIpc) is 3.43. The van der Waals surface area contributed by atoms with E-state index in [1.165, 1.54) is 17.0 Å². The minimum Gasteiger partial charge on any atom is -0.320 e. The van der Waals surface area contributed by atoms with Crippen LogP contribution in [0.5, 0.6) is 0 Å². The number of pyridine rings is 1. The van der Waals surface area contributed by atoms with Crippen LogP contribution < -0.4 is 5.69 Å². The van der Waals surface area contributed by atoms with E-state index in [1.807, 2.05) is 36.7 Å². The third kappa shape index (κ3) is 5.36. The molecule has 5 rings (SSSR count). The van der Waals surface area contributed by atoms with Crippen molar-refractivity contribution < 1.29 is 17.6 Å². The van der Waals surface area contributed by atoms with Crippen LogP contribution >= 0.6 is 0 Å². The second kappa shape index (κ2) is 11.0. The topological polar surface area (TPSA) is 60.4 Å². The molecule has 11 heteroatoms. The van der Waals surface area contributed by atoms with Crippen LogP contribution in [0.1, 0.15) is 61.0 Å². The van der Waals surface area contributed by atoms with Gasteiger partial charge in [-0.05, 0) is 61.1 Å². The third-order valence-corrected chi connectivity index (χ3v) is 7.63. The second-order valence-electron chi connectivity index (χ2n) is 10.3. The molecular weight excluding hydrogens is 512 g/mol. The predicted octanol–water partition coefficient (Wildman–Crippen LogP) is 5.35. The number of fused-ring (bicyclic) bond motifs is 1. The summed E-state index contributed by atoms with van der Waals surface area (Å²) < 4.78 is 59.7. The average molecular weight is 545 g/mol. The summed E-state index contributed by atoms with van der Waals surface area (Å²) in [6.07, 6.45) is 3.63. The lowest BCUT2D eigenvalue weighted by molar-refractivity contribution is -0.136. The first kappa shape index (κ1) is 27.1. The molecule has 0 radical (unpaired) electrons. The maximum Gasteiger partial charge on any atom is 0.418 e. The molecule has 4 aromatic rings. The van der Waals surface area contributed by atoms with Crippen molar-refractivity contribution in [3.05, 3.63) is 82.1 Å². The summed E-state index contributed by atoms with van der Waals surface area (Å²) in [6.45, 7) is 2.10. The first-order chi connectivity index (χ1) is 18.7. The van der Waals surface area contributed by atoms with Crippen molar-refractivity contribution in [1.82, 2.24) is 28.6 Å². The lowest BCUT2D eigenvalue weighted by Gasteiger charge is -2.33. The Morgan fingerprint density at radius 1 is 1.15 bits per heavy atom. The van der Waals surface area contributed by atoms with Gasteiger partial charge in [-0.25, -0.2) is 9.18 Å². The van der Waals surface area contributed by atoms with Crippen LogP contribution in [-0.4, -0.2) is 48.4 Å². The van der Waals surface area contributed by atoms with Crippen molar-refractivity contribution in [2.45, 2.75) is 51.2 Å². The van der Waals surface area contributed by atoms with Gasteiger partial charge in [0.1, 0.15) is 18.8 Å². The molecule has 0 spiro atoms. The number of hydrogen-bond acceptors (Lipinski definition) is 4. The van der Waals surface area contributed by atoms with Crippen molar-refractivity contribution in [3.63, 3.8) is 0 Å². The quantitative estimate of drug-likeness (QED) is 0.253. The summed E-state index contributed by atoms with van der Waals surface area (Å²) in [5, 5.41) is 8.38. The van der Waals surface area contributed by atoms with E-state index in [2.05, 4.69) is 10.2 Å². The molecule has 3 aromatic heterocycles. The zero-order valence-electron chi connectivity index (χ0n) is 22.0. The highest BCUT2D eigenvalue weighted by Crippen LogP contribution is 2.43. The van der Waals surface area contributed by atoms with Gasteiger partial charge in [0.25, 0.3) is 0 Å². The minimum absolute atomic E-state index is 0.0312. The number of benzene rings is 1. The van der Waals surface area contributed by atoms with Crippen LogP contribution in [-0.2, 0) is 19.8 Å². The molecule has 39 heavy (non-hydrogen) atoms. The number of alkyl halides is 4. The van der Waals surface area contributed by atoms with Crippen molar-refractivity contribution in [2.24, 2.45) is 13.0 Å². The fourth-order valence-corrected chi connectivity index (χ4v) is 5.55. The monoisotopic (exact) mass is 544 g/mol. The number of rotatable bonds is 10. The van der Waals surface area contributed by atoms with Gasteiger partial charge in [0, 0.05) is 38.4 Å². The normalized spacial score (nSPS) is 15.3. The lowest BCUT2D eigenvalue weighted by atomic mass is 9.72. The lowest BCUT2D eigenvalue weighted by Crippen LogP contribution is -2.27. The first-order valence-electron chi connectivity index (χ1n) is 13.3.